The van der Waals surface area contributed by atoms with Crippen LogP contribution in [-0.2, 0) is 19.9 Å². The van der Waals surface area contributed by atoms with Crippen LogP contribution in [0.15, 0.2) is 33.9 Å². The van der Waals surface area contributed by atoms with Gasteiger partial charge in [-0.05, 0) is 44.9 Å². The van der Waals surface area contributed by atoms with Gasteiger partial charge in [-0.3, -0.25) is 14.7 Å². The van der Waals surface area contributed by atoms with E-state index >= 15 is 0 Å². The van der Waals surface area contributed by atoms with Crippen molar-refractivity contribution >= 4 is 5.96 Å². The number of aryl methyl sites for hydroxylation is 2. The lowest BCUT2D eigenvalue weighted by molar-refractivity contribution is 0.421. The second-order valence-electron chi connectivity index (χ2n) is 7.00. The number of nitrogens with one attached hydrogen (secondary N) is 2. The summed E-state index contributed by atoms with van der Waals surface area (Å²) in [6.45, 7) is 6.92. The van der Waals surface area contributed by atoms with Gasteiger partial charge in [0.2, 0.25) is 0 Å². The van der Waals surface area contributed by atoms with Crippen LogP contribution in [0, 0.1) is 13.8 Å². The Morgan fingerprint density at radius 2 is 2.14 bits per heavy atom. The Morgan fingerprint density at radius 1 is 1.31 bits per heavy atom. The molecular formula is C20H28N8O. The first kappa shape index (κ1) is 20.5. The van der Waals surface area contributed by atoms with E-state index in [1.165, 1.54) is 11.3 Å². The van der Waals surface area contributed by atoms with Gasteiger partial charge in [0.25, 0.3) is 5.89 Å². The summed E-state index contributed by atoms with van der Waals surface area (Å²) in [6.07, 6.45) is 3.20. The Labute approximate surface area is 170 Å². The van der Waals surface area contributed by atoms with Crippen molar-refractivity contribution in [3.8, 4) is 11.6 Å². The van der Waals surface area contributed by atoms with Gasteiger partial charge in [-0.2, -0.15) is 10.1 Å². The molecule has 0 aliphatic rings. The Bertz CT molecular complexity index is 960. The second kappa shape index (κ2) is 9.31. The molecule has 3 aromatic heterocycles. The molecule has 3 heterocycles. The molecule has 0 saturated carbocycles. The summed E-state index contributed by atoms with van der Waals surface area (Å²) in [5, 5.41) is 15.2. The summed E-state index contributed by atoms with van der Waals surface area (Å²) in [7, 11) is 3.73. The predicted octanol–water partition coefficient (Wildman–Crippen LogP) is 1.82. The maximum atomic E-state index is 5.28. The smallest absolute Gasteiger partial charge is 0.276 e. The number of pyridine rings is 1. The van der Waals surface area contributed by atoms with Crippen molar-refractivity contribution in [1.82, 2.24) is 35.5 Å². The van der Waals surface area contributed by atoms with Crippen LogP contribution in [0.3, 0.4) is 0 Å². The average Bonchev–Trinajstić information content (AvgIpc) is 3.28. The Morgan fingerprint density at radius 3 is 2.79 bits per heavy atom. The summed E-state index contributed by atoms with van der Waals surface area (Å²) in [5.74, 6) is 1.80. The second-order valence-corrected chi connectivity index (χ2v) is 7.00. The SMILES string of the molecule is CN=C(NCCc1noc(-c2ccccn2)n1)NC(C)Cc1c(C)nn(C)c1C. The number of aliphatic imine (C=N–C) groups is 1. The molecule has 0 fully saturated rings. The monoisotopic (exact) mass is 396 g/mol. The summed E-state index contributed by atoms with van der Waals surface area (Å²) in [4.78, 5) is 12.9. The fraction of sp³-hybridized carbons (Fsp3) is 0.450. The predicted molar refractivity (Wildman–Crippen MR) is 112 cm³/mol. The minimum absolute atomic E-state index is 0.212. The molecule has 0 spiro atoms. The van der Waals surface area contributed by atoms with Gasteiger partial charge < -0.3 is 15.2 Å². The van der Waals surface area contributed by atoms with Crippen LogP contribution in [0.5, 0.6) is 0 Å². The molecule has 1 atom stereocenters. The zero-order chi connectivity index (χ0) is 20.8. The maximum Gasteiger partial charge on any atom is 0.276 e. The first-order chi connectivity index (χ1) is 14.0. The number of hydrogen-bond donors (Lipinski definition) is 2. The maximum absolute atomic E-state index is 5.28. The van der Waals surface area contributed by atoms with Gasteiger partial charge in [0.1, 0.15) is 5.69 Å². The van der Waals surface area contributed by atoms with E-state index in [0.717, 1.165) is 18.1 Å². The van der Waals surface area contributed by atoms with Crippen LogP contribution < -0.4 is 10.6 Å². The minimum Gasteiger partial charge on any atom is -0.356 e. The highest BCUT2D eigenvalue weighted by molar-refractivity contribution is 5.79. The quantitative estimate of drug-likeness (QED) is 0.463. The summed E-state index contributed by atoms with van der Waals surface area (Å²) in [6, 6.07) is 5.79. The summed E-state index contributed by atoms with van der Waals surface area (Å²) < 4.78 is 7.21. The van der Waals surface area contributed by atoms with E-state index in [0.29, 0.717) is 30.4 Å². The fourth-order valence-electron chi connectivity index (χ4n) is 3.14. The molecule has 0 aromatic carbocycles. The van der Waals surface area contributed by atoms with Crippen molar-refractivity contribution in [2.75, 3.05) is 13.6 Å². The van der Waals surface area contributed by atoms with E-state index in [2.05, 4.69) is 49.7 Å². The first-order valence-electron chi connectivity index (χ1n) is 9.68. The molecule has 3 aromatic rings. The van der Waals surface area contributed by atoms with Crippen LogP contribution in [-0.4, -0.2) is 50.5 Å². The average molecular weight is 396 g/mol. The normalized spacial score (nSPS) is 12.8. The number of rotatable bonds is 7. The Hall–Kier alpha value is -3.23. The van der Waals surface area contributed by atoms with Gasteiger partial charge >= 0.3 is 0 Å². The number of aromatic nitrogens is 5. The van der Waals surface area contributed by atoms with Crippen molar-refractivity contribution in [3.05, 3.63) is 47.2 Å². The third-order valence-electron chi connectivity index (χ3n) is 4.77. The fourth-order valence-corrected chi connectivity index (χ4v) is 3.14. The van der Waals surface area contributed by atoms with Crippen LogP contribution in [0.25, 0.3) is 11.6 Å². The van der Waals surface area contributed by atoms with E-state index in [9.17, 15) is 0 Å². The lowest BCUT2D eigenvalue weighted by Gasteiger charge is -2.18. The van der Waals surface area contributed by atoms with Crippen molar-refractivity contribution in [3.63, 3.8) is 0 Å². The lowest BCUT2D eigenvalue weighted by atomic mass is 10.1. The molecular weight excluding hydrogens is 368 g/mol. The van der Waals surface area contributed by atoms with Gasteiger partial charge in [0.05, 0.1) is 5.69 Å². The Kier molecular flexibility index (Phi) is 6.58. The van der Waals surface area contributed by atoms with Crippen molar-refractivity contribution in [2.45, 2.75) is 39.7 Å². The molecule has 9 nitrogen and oxygen atoms in total. The van der Waals surface area contributed by atoms with Gasteiger partial charge in [-0.15, -0.1) is 0 Å². The minimum atomic E-state index is 0.212. The Balaban J connectivity index is 1.49. The zero-order valence-corrected chi connectivity index (χ0v) is 17.6. The molecule has 0 amide bonds. The van der Waals surface area contributed by atoms with Gasteiger partial charge in [0, 0.05) is 45.0 Å². The molecule has 0 saturated heterocycles. The van der Waals surface area contributed by atoms with Crippen molar-refractivity contribution < 1.29 is 4.52 Å². The molecule has 0 bridgehead atoms. The van der Waals surface area contributed by atoms with Crippen LogP contribution in [0.1, 0.15) is 29.7 Å². The van der Waals surface area contributed by atoms with Crippen LogP contribution in [0.2, 0.25) is 0 Å². The standard InChI is InChI=1S/C20H28N8O/c1-13(12-16-14(2)26-28(5)15(16)3)24-20(21-4)23-11-9-18-25-19(29-27-18)17-8-6-7-10-22-17/h6-8,10,13H,9,11-12H2,1-5H3,(H2,21,23,24). The van der Waals surface area contributed by atoms with Crippen molar-refractivity contribution in [2.24, 2.45) is 12.0 Å². The van der Waals surface area contributed by atoms with E-state index in [-0.39, 0.29) is 6.04 Å². The molecule has 0 aliphatic heterocycles. The summed E-state index contributed by atoms with van der Waals surface area (Å²) >= 11 is 0. The number of nitrogens with zero attached hydrogens (tertiary/aromatic N) is 6. The zero-order valence-electron chi connectivity index (χ0n) is 17.6. The van der Waals surface area contributed by atoms with Crippen LogP contribution in [0.4, 0.5) is 0 Å². The molecule has 29 heavy (non-hydrogen) atoms. The largest absolute Gasteiger partial charge is 0.356 e. The first-order valence-corrected chi connectivity index (χ1v) is 9.68. The highest BCUT2D eigenvalue weighted by Gasteiger charge is 2.14. The lowest BCUT2D eigenvalue weighted by Crippen LogP contribution is -2.43. The van der Waals surface area contributed by atoms with Crippen molar-refractivity contribution in [1.29, 1.82) is 0 Å². The van der Waals surface area contributed by atoms with E-state index in [1.807, 2.05) is 36.9 Å². The summed E-state index contributed by atoms with van der Waals surface area (Å²) in [5.41, 5.74) is 4.21. The van der Waals surface area contributed by atoms with Gasteiger partial charge in [-0.1, -0.05) is 11.2 Å². The molecule has 154 valence electrons. The molecule has 9 heteroatoms. The number of hydrogen-bond acceptors (Lipinski definition) is 6. The number of guanidine groups is 1. The highest BCUT2D eigenvalue weighted by Crippen LogP contribution is 2.14. The topological polar surface area (TPSA) is 106 Å². The van der Waals surface area contributed by atoms with E-state index in [4.69, 9.17) is 4.52 Å². The molecule has 0 radical (unpaired) electrons. The van der Waals surface area contributed by atoms with E-state index < -0.39 is 0 Å². The van der Waals surface area contributed by atoms with Gasteiger partial charge in [-0.25, -0.2) is 0 Å². The third kappa shape index (κ3) is 5.18. The third-order valence-corrected chi connectivity index (χ3v) is 4.77. The molecule has 0 aliphatic carbocycles. The molecule has 3 rings (SSSR count). The molecule has 2 N–H and O–H groups in total. The van der Waals surface area contributed by atoms with Gasteiger partial charge in [0.15, 0.2) is 11.8 Å². The highest BCUT2D eigenvalue weighted by atomic mass is 16.5. The molecule has 1 unspecified atom stereocenters. The van der Waals surface area contributed by atoms with E-state index in [1.54, 1.807) is 13.2 Å². The van der Waals surface area contributed by atoms with Crippen LogP contribution >= 0.6 is 0 Å².